The van der Waals surface area contributed by atoms with Gasteiger partial charge in [0.05, 0.1) is 5.41 Å². The van der Waals surface area contributed by atoms with Crippen LogP contribution in [0.3, 0.4) is 0 Å². The number of carboxylic acid groups (broad SMARTS) is 1. The Morgan fingerprint density at radius 3 is 2.74 bits per heavy atom. The molecule has 0 aliphatic heterocycles. The molecule has 3 rings (SSSR count). The molecule has 0 saturated heterocycles. The Morgan fingerprint density at radius 2 is 2.09 bits per heavy atom. The lowest BCUT2D eigenvalue weighted by Gasteiger charge is -2.53. The van der Waals surface area contributed by atoms with Crippen LogP contribution in [0.15, 0.2) is 18.2 Å². The van der Waals surface area contributed by atoms with Crippen molar-refractivity contribution in [1.29, 1.82) is 0 Å². The lowest BCUT2D eigenvalue weighted by molar-refractivity contribution is -0.157. The number of fused-ring (bicyclic) bond motifs is 3. The lowest BCUT2D eigenvalue weighted by Crippen LogP contribution is -2.52. The molecule has 1 saturated carbocycles. The molecule has 23 heavy (non-hydrogen) atoms. The first-order chi connectivity index (χ1) is 10.8. The van der Waals surface area contributed by atoms with E-state index in [1.807, 2.05) is 13.8 Å². The van der Waals surface area contributed by atoms with Gasteiger partial charge in [0.25, 0.3) is 0 Å². The van der Waals surface area contributed by atoms with E-state index in [1.165, 1.54) is 16.7 Å². The van der Waals surface area contributed by atoms with Crippen LogP contribution in [0.2, 0.25) is 0 Å². The van der Waals surface area contributed by atoms with Crippen molar-refractivity contribution < 1.29 is 15.0 Å². The largest absolute Gasteiger partial charge is 0.481 e. The quantitative estimate of drug-likeness (QED) is 0.890. The molecule has 1 aromatic rings. The van der Waals surface area contributed by atoms with Crippen LogP contribution >= 0.6 is 0 Å². The molecule has 2 N–H and O–H groups in total. The smallest absolute Gasteiger partial charge is 0.309 e. The van der Waals surface area contributed by atoms with Crippen LogP contribution in [0, 0.1) is 11.3 Å². The Morgan fingerprint density at radius 1 is 1.35 bits per heavy atom. The van der Waals surface area contributed by atoms with Crippen LogP contribution in [-0.2, 0) is 16.6 Å². The van der Waals surface area contributed by atoms with Crippen molar-refractivity contribution in [2.75, 3.05) is 6.61 Å². The summed E-state index contributed by atoms with van der Waals surface area (Å²) in [7, 11) is 0. The summed E-state index contributed by atoms with van der Waals surface area (Å²) in [4.78, 5) is 11.9. The first kappa shape index (κ1) is 16.5. The maximum atomic E-state index is 11.9. The van der Waals surface area contributed by atoms with Crippen molar-refractivity contribution in [3.05, 3.63) is 34.9 Å². The van der Waals surface area contributed by atoms with Gasteiger partial charge in [-0.3, -0.25) is 4.79 Å². The first-order valence-corrected chi connectivity index (χ1v) is 8.80. The van der Waals surface area contributed by atoms with E-state index in [1.54, 1.807) is 0 Å². The molecular weight excluding hydrogens is 288 g/mol. The summed E-state index contributed by atoms with van der Waals surface area (Å²) in [5.41, 5.74) is 3.23. The summed E-state index contributed by atoms with van der Waals surface area (Å²) >= 11 is 0. The third-order valence-corrected chi connectivity index (χ3v) is 6.71. The zero-order valence-electron chi connectivity index (χ0n) is 14.4. The number of hydrogen-bond donors (Lipinski definition) is 2. The van der Waals surface area contributed by atoms with Gasteiger partial charge >= 0.3 is 5.97 Å². The summed E-state index contributed by atoms with van der Waals surface area (Å²) in [5, 5.41) is 19.2. The second-order valence-corrected chi connectivity index (χ2v) is 8.09. The van der Waals surface area contributed by atoms with Gasteiger partial charge in [-0.1, -0.05) is 38.5 Å². The van der Waals surface area contributed by atoms with Crippen LogP contribution in [0.5, 0.6) is 0 Å². The number of hydrogen-bond acceptors (Lipinski definition) is 2. The molecule has 0 bridgehead atoms. The average Bonchev–Trinajstić information content (AvgIpc) is 2.53. The van der Waals surface area contributed by atoms with Crippen molar-refractivity contribution in [3.8, 4) is 0 Å². The minimum absolute atomic E-state index is 0.0417. The molecule has 0 unspecified atom stereocenters. The highest BCUT2D eigenvalue weighted by Gasteiger charge is 2.55. The molecular formula is C20H28O3. The van der Waals surface area contributed by atoms with E-state index in [0.717, 1.165) is 32.1 Å². The fourth-order valence-electron chi connectivity index (χ4n) is 5.18. The molecule has 4 atom stereocenters. The van der Waals surface area contributed by atoms with E-state index < -0.39 is 11.4 Å². The number of carboxylic acids is 1. The van der Waals surface area contributed by atoms with Crippen LogP contribution in [-0.4, -0.2) is 22.8 Å². The number of aryl methyl sites for hydroxylation is 1. The van der Waals surface area contributed by atoms with E-state index in [4.69, 9.17) is 0 Å². The van der Waals surface area contributed by atoms with Crippen molar-refractivity contribution in [3.63, 3.8) is 0 Å². The van der Waals surface area contributed by atoms with Crippen molar-refractivity contribution in [1.82, 2.24) is 0 Å². The van der Waals surface area contributed by atoms with Crippen LogP contribution < -0.4 is 0 Å². The Balaban J connectivity index is 2.04. The van der Waals surface area contributed by atoms with Crippen molar-refractivity contribution in [2.24, 2.45) is 11.3 Å². The Hall–Kier alpha value is -1.35. The Kier molecular flexibility index (Phi) is 4.04. The van der Waals surface area contributed by atoms with Crippen molar-refractivity contribution in [2.45, 2.75) is 64.2 Å². The van der Waals surface area contributed by atoms with Gasteiger partial charge in [0.2, 0.25) is 0 Å². The standard InChI is InChI=1S/C20H28O3/c1-13(12-21)14-5-7-16-15(11-14)6-8-17-19(16,2)9-4-10-20(17,3)18(22)23/h5,7,11,13,17,21H,4,6,8-10,12H2,1-3H3,(H,22,23)/t13-,17+,19+,20-/m0/s1. The van der Waals surface area contributed by atoms with Crippen LogP contribution in [0.25, 0.3) is 0 Å². The Labute approximate surface area is 138 Å². The summed E-state index contributed by atoms with van der Waals surface area (Å²) in [6.45, 7) is 6.42. The normalized spacial score (nSPS) is 34.3. The van der Waals surface area contributed by atoms with Gasteiger partial charge in [-0.05, 0) is 60.6 Å². The average molecular weight is 316 g/mol. The number of aliphatic hydroxyl groups excluding tert-OH is 1. The van der Waals surface area contributed by atoms with Gasteiger partial charge in [-0.25, -0.2) is 0 Å². The molecule has 2 aliphatic carbocycles. The van der Waals surface area contributed by atoms with Crippen LogP contribution in [0.4, 0.5) is 0 Å². The molecule has 0 aromatic heterocycles. The highest BCUT2D eigenvalue weighted by molar-refractivity contribution is 5.75. The fourth-order valence-corrected chi connectivity index (χ4v) is 5.18. The topological polar surface area (TPSA) is 57.5 Å². The predicted molar refractivity (Wildman–Crippen MR) is 90.7 cm³/mol. The second-order valence-electron chi connectivity index (χ2n) is 8.09. The second kappa shape index (κ2) is 5.62. The van der Waals surface area contributed by atoms with Gasteiger partial charge in [0.15, 0.2) is 0 Å². The molecule has 3 heteroatoms. The number of carbonyl (C=O) groups is 1. The summed E-state index contributed by atoms with van der Waals surface area (Å²) in [5.74, 6) is -0.279. The number of rotatable bonds is 3. The molecule has 2 aliphatic rings. The van der Waals surface area contributed by atoms with E-state index >= 15 is 0 Å². The first-order valence-electron chi connectivity index (χ1n) is 8.80. The maximum absolute atomic E-state index is 11.9. The zero-order valence-corrected chi connectivity index (χ0v) is 14.4. The number of benzene rings is 1. The van der Waals surface area contributed by atoms with Gasteiger partial charge < -0.3 is 10.2 Å². The molecule has 0 spiro atoms. The lowest BCUT2D eigenvalue weighted by atomic mass is 9.50. The minimum Gasteiger partial charge on any atom is -0.481 e. The highest BCUT2D eigenvalue weighted by Crippen LogP contribution is 2.57. The molecule has 0 radical (unpaired) electrons. The molecule has 0 heterocycles. The van der Waals surface area contributed by atoms with Crippen LogP contribution in [0.1, 0.15) is 69.1 Å². The fraction of sp³-hybridized carbons (Fsp3) is 0.650. The van der Waals surface area contributed by atoms with Crippen molar-refractivity contribution >= 4 is 5.97 Å². The highest BCUT2D eigenvalue weighted by atomic mass is 16.4. The van der Waals surface area contributed by atoms with Gasteiger partial charge in [0.1, 0.15) is 0 Å². The van der Waals surface area contributed by atoms with Gasteiger partial charge in [-0.15, -0.1) is 0 Å². The number of aliphatic carboxylic acids is 1. The van der Waals surface area contributed by atoms with E-state index in [9.17, 15) is 15.0 Å². The minimum atomic E-state index is -0.637. The summed E-state index contributed by atoms with van der Waals surface area (Å²) < 4.78 is 0. The molecule has 126 valence electrons. The third-order valence-electron chi connectivity index (χ3n) is 6.71. The summed E-state index contributed by atoms with van der Waals surface area (Å²) in [6.07, 6.45) is 4.73. The van der Waals surface area contributed by atoms with E-state index in [0.29, 0.717) is 0 Å². The SMILES string of the molecule is C[C@@H](CO)c1ccc2c(c1)CC[C@H]1[C@@](C)(C(=O)O)CCC[C@]21C. The van der Waals surface area contributed by atoms with E-state index in [-0.39, 0.29) is 23.9 Å². The zero-order chi connectivity index (χ0) is 16.8. The Bertz CT molecular complexity index is 623. The third kappa shape index (κ3) is 2.40. The van der Waals surface area contributed by atoms with Gasteiger partial charge in [0, 0.05) is 12.5 Å². The maximum Gasteiger partial charge on any atom is 0.309 e. The number of aliphatic hydroxyl groups is 1. The molecule has 0 amide bonds. The summed E-state index contributed by atoms with van der Waals surface area (Å²) in [6, 6.07) is 6.57. The molecule has 1 fully saturated rings. The van der Waals surface area contributed by atoms with E-state index in [2.05, 4.69) is 25.1 Å². The predicted octanol–water partition coefficient (Wildman–Crippen LogP) is 3.88. The monoisotopic (exact) mass is 316 g/mol. The molecule has 1 aromatic carbocycles. The van der Waals surface area contributed by atoms with Gasteiger partial charge in [-0.2, -0.15) is 0 Å². The molecule has 3 nitrogen and oxygen atoms in total.